The van der Waals surface area contributed by atoms with E-state index >= 15 is 0 Å². The van der Waals surface area contributed by atoms with Gasteiger partial charge >= 0.3 is 0 Å². The van der Waals surface area contributed by atoms with Crippen LogP contribution in [-0.2, 0) is 0 Å². The Labute approximate surface area is 136 Å². The smallest absolute Gasteiger partial charge is 0.229 e. The van der Waals surface area contributed by atoms with Crippen molar-refractivity contribution >= 4 is 23.5 Å². The predicted octanol–water partition coefficient (Wildman–Crippen LogP) is 3.99. The maximum atomic E-state index is 5.79. The van der Waals surface area contributed by atoms with Crippen molar-refractivity contribution in [2.75, 3.05) is 11.5 Å². The van der Waals surface area contributed by atoms with E-state index in [4.69, 9.17) is 10.3 Å². The van der Waals surface area contributed by atoms with Gasteiger partial charge in [0.05, 0.1) is 5.25 Å². The fourth-order valence-corrected chi connectivity index (χ4v) is 5.56. The summed E-state index contributed by atoms with van der Waals surface area (Å²) in [6.07, 6.45) is 4.39. The van der Waals surface area contributed by atoms with Crippen LogP contribution in [0.2, 0.25) is 0 Å². The van der Waals surface area contributed by atoms with E-state index in [0.717, 1.165) is 37.4 Å². The molecule has 4 atom stereocenters. The Morgan fingerprint density at radius 2 is 2.05 bits per heavy atom. The third kappa shape index (κ3) is 4.89. The first kappa shape index (κ1) is 17.2. The van der Waals surface area contributed by atoms with Crippen LogP contribution in [0.5, 0.6) is 0 Å². The Hall–Kier alpha value is -0.200. The third-order valence-electron chi connectivity index (χ3n) is 3.88. The van der Waals surface area contributed by atoms with Crippen molar-refractivity contribution in [3.05, 3.63) is 11.7 Å². The number of hydrogen-bond acceptors (Lipinski definition) is 6. The van der Waals surface area contributed by atoms with Crippen molar-refractivity contribution in [3.63, 3.8) is 0 Å². The van der Waals surface area contributed by atoms with Crippen LogP contribution in [0.25, 0.3) is 0 Å². The van der Waals surface area contributed by atoms with Crippen LogP contribution in [0.4, 0.5) is 0 Å². The molecule has 0 spiro atoms. The van der Waals surface area contributed by atoms with Gasteiger partial charge in [0.2, 0.25) is 5.89 Å². The van der Waals surface area contributed by atoms with Crippen LogP contribution in [0.3, 0.4) is 0 Å². The molecular weight excluding hydrogens is 302 g/mol. The molecule has 2 rings (SSSR count). The summed E-state index contributed by atoms with van der Waals surface area (Å²) in [7, 11) is 0. The molecule has 2 N–H and O–H groups in total. The molecule has 0 bridgehead atoms. The van der Waals surface area contributed by atoms with Gasteiger partial charge in [-0.05, 0) is 26.2 Å². The molecular formula is C15H27N3OS2. The lowest BCUT2D eigenvalue weighted by molar-refractivity contribution is 0.345. The highest BCUT2D eigenvalue weighted by atomic mass is 32.2. The monoisotopic (exact) mass is 329 g/mol. The van der Waals surface area contributed by atoms with E-state index in [9.17, 15) is 0 Å². The number of rotatable bonds is 7. The van der Waals surface area contributed by atoms with E-state index in [1.54, 1.807) is 0 Å². The fourth-order valence-electron chi connectivity index (χ4n) is 2.57. The maximum absolute atomic E-state index is 5.79. The summed E-state index contributed by atoms with van der Waals surface area (Å²) in [4.78, 5) is 4.69. The van der Waals surface area contributed by atoms with Crippen molar-refractivity contribution < 1.29 is 4.52 Å². The summed E-state index contributed by atoms with van der Waals surface area (Å²) in [5.41, 5.74) is 5.79. The third-order valence-corrected chi connectivity index (χ3v) is 7.13. The predicted molar refractivity (Wildman–Crippen MR) is 91.9 cm³/mol. The number of aromatic nitrogens is 2. The SMILES string of the molecule is CCC1SCCSC1c1noc(C(C)CCCC(C)N)n1. The molecule has 120 valence electrons. The van der Waals surface area contributed by atoms with E-state index in [1.165, 1.54) is 11.5 Å². The Morgan fingerprint density at radius 3 is 2.76 bits per heavy atom. The number of nitrogens with zero attached hydrogens (tertiary/aromatic N) is 2. The average Bonchev–Trinajstić information content (AvgIpc) is 2.96. The number of nitrogens with two attached hydrogens (primary N) is 1. The van der Waals surface area contributed by atoms with Crippen molar-refractivity contribution in [1.29, 1.82) is 0 Å². The molecule has 2 heterocycles. The second kappa shape index (κ2) is 8.44. The minimum Gasteiger partial charge on any atom is -0.339 e. The fraction of sp³-hybridized carbons (Fsp3) is 0.867. The van der Waals surface area contributed by atoms with Gasteiger partial charge in [0.25, 0.3) is 0 Å². The molecule has 4 nitrogen and oxygen atoms in total. The van der Waals surface area contributed by atoms with Gasteiger partial charge in [-0.25, -0.2) is 0 Å². The van der Waals surface area contributed by atoms with E-state index in [1.807, 2.05) is 23.5 Å². The van der Waals surface area contributed by atoms with Gasteiger partial charge in [0.1, 0.15) is 0 Å². The molecule has 0 aromatic carbocycles. The Balaban J connectivity index is 1.93. The molecule has 1 saturated heterocycles. The number of hydrogen-bond donors (Lipinski definition) is 1. The highest BCUT2D eigenvalue weighted by molar-refractivity contribution is 8.06. The molecule has 0 radical (unpaired) electrons. The lowest BCUT2D eigenvalue weighted by Gasteiger charge is -2.27. The second-order valence-corrected chi connectivity index (χ2v) is 8.51. The van der Waals surface area contributed by atoms with Gasteiger partial charge in [-0.15, -0.1) is 11.8 Å². The summed E-state index contributed by atoms with van der Waals surface area (Å²) < 4.78 is 5.52. The lowest BCUT2D eigenvalue weighted by atomic mass is 10.0. The number of thioether (sulfide) groups is 2. The van der Waals surface area contributed by atoms with Gasteiger partial charge < -0.3 is 10.3 Å². The van der Waals surface area contributed by atoms with Gasteiger partial charge in [-0.1, -0.05) is 25.4 Å². The van der Waals surface area contributed by atoms with Crippen molar-refractivity contribution in [1.82, 2.24) is 10.1 Å². The molecule has 6 heteroatoms. The summed E-state index contributed by atoms with van der Waals surface area (Å²) in [6, 6.07) is 0.274. The Bertz CT molecular complexity index is 425. The van der Waals surface area contributed by atoms with Crippen molar-refractivity contribution in [3.8, 4) is 0 Å². The zero-order chi connectivity index (χ0) is 15.2. The molecule has 0 amide bonds. The van der Waals surface area contributed by atoms with Crippen LogP contribution in [0.15, 0.2) is 4.52 Å². The van der Waals surface area contributed by atoms with Gasteiger partial charge in [-0.3, -0.25) is 0 Å². The molecule has 1 aromatic rings. The summed E-state index contributed by atoms with van der Waals surface area (Å²) in [5, 5.41) is 5.26. The Morgan fingerprint density at radius 1 is 1.29 bits per heavy atom. The molecule has 1 aliphatic heterocycles. The zero-order valence-corrected chi connectivity index (χ0v) is 14.9. The molecule has 0 aliphatic carbocycles. The molecule has 1 aliphatic rings. The molecule has 1 fully saturated rings. The van der Waals surface area contributed by atoms with Crippen molar-refractivity contribution in [2.24, 2.45) is 5.73 Å². The zero-order valence-electron chi connectivity index (χ0n) is 13.2. The Kier molecular flexibility index (Phi) is 6.89. The first-order chi connectivity index (χ1) is 10.1. The minimum absolute atomic E-state index is 0.274. The first-order valence-electron chi connectivity index (χ1n) is 7.94. The normalized spacial score (nSPS) is 25.7. The highest BCUT2D eigenvalue weighted by Crippen LogP contribution is 2.43. The van der Waals surface area contributed by atoms with Crippen LogP contribution >= 0.6 is 23.5 Å². The van der Waals surface area contributed by atoms with Crippen molar-refractivity contribution in [2.45, 2.75) is 68.9 Å². The van der Waals surface area contributed by atoms with E-state index < -0.39 is 0 Å². The van der Waals surface area contributed by atoms with Crippen LogP contribution < -0.4 is 5.73 Å². The topological polar surface area (TPSA) is 64.9 Å². The summed E-state index contributed by atoms with van der Waals surface area (Å²) in [5.74, 6) is 4.43. The maximum Gasteiger partial charge on any atom is 0.229 e. The van der Waals surface area contributed by atoms with Gasteiger partial charge in [0.15, 0.2) is 5.82 Å². The molecule has 0 saturated carbocycles. The van der Waals surface area contributed by atoms with Crippen LogP contribution in [0.1, 0.15) is 69.3 Å². The van der Waals surface area contributed by atoms with E-state index in [-0.39, 0.29) is 6.04 Å². The average molecular weight is 330 g/mol. The standard InChI is InChI=1S/C15H27N3OS2/c1-4-12-13(21-9-8-20-12)14-17-15(19-18-14)10(2)6-5-7-11(3)16/h10-13H,4-9,16H2,1-3H3. The molecule has 4 unspecified atom stereocenters. The highest BCUT2D eigenvalue weighted by Gasteiger charge is 2.30. The lowest BCUT2D eigenvalue weighted by Crippen LogP contribution is -2.19. The summed E-state index contributed by atoms with van der Waals surface area (Å²) in [6.45, 7) is 6.46. The minimum atomic E-state index is 0.274. The quantitative estimate of drug-likeness (QED) is 0.816. The molecule has 1 aromatic heterocycles. The van der Waals surface area contributed by atoms with E-state index in [2.05, 4.69) is 30.9 Å². The largest absolute Gasteiger partial charge is 0.339 e. The first-order valence-corrected chi connectivity index (χ1v) is 10.0. The summed E-state index contributed by atoms with van der Waals surface area (Å²) >= 11 is 4.02. The van der Waals surface area contributed by atoms with Gasteiger partial charge in [0, 0.05) is 28.7 Å². The van der Waals surface area contributed by atoms with E-state index in [0.29, 0.717) is 16.4 Å². The molecule has 21 heavy (non-hydrogen) atoms. The van der Waals surface area contributed by atoms with Gasteiger partial charge in [-0.2, -0.15) is 16.7 Å². The van der Waals surface area contributed by atoms with Crippen LogP contribution in [0, 0.1) is 0 Å². The van der Waals surface area contributed by atoms with Crippen LogP contribution in [-0.4, -0.2) is 32.9 Å². The second-order valence-electron chi connectivity index (χ2n) is 5.91.